The number of aromatic nitrogens is 1. The predicted octanol–water partition coefficient (Wildman–Crippen LogP) is 2.02. The molecule has 6 heteroatoms. The van der Waals surface area contributed by atoms with Crippen LogP contribution in [0.4, 0.5) is 0 Å². The van der Waals surface area contributed by atoms with E-state index in [2.05, 4.69) is 9.88 Å². The summed E-state index contributed by atoms with van der Waals surface area (Å²) < 4.78 is 5.45. The van der Waals surface area contributed by atoms with Crippen molar-refractivity contribution in [2.24, 2.45) is 5.41 Å². The van der Waals surface area contributed by atoms with Gasteiger partial charge in [0.05, 0.1) is 11.0 Å². The van der Waals surface area contributed by atoms with Gasteiger partial charge in [0.2, 0.25) is 5.91 Å². The zero-order valence-corrected chi connectivity index (χ0v) is 15.4. The first-order valence-electron chi connectivity index (χ1n) is 9.70. The van der Waals surface area contributed by atoms with Gasteiger partial charge in [-0.3, -0.25) is 14.6 Å². The van der Waals surface area contributed by atoms with Crippen molar-refractivity contribution in [2.75, 3.05) is 32.8 Å². The van der Waals surface area contributed by atoms with Crippen LogP contribution < -0.4 is 0 Å². The molecular weight excluding hydrogens is 330 g/mol. The van der Waals surface area contributed by atoms with E-state index in [-0.39, 0.29) is 17.2 Å². The number of hydrogen-bond acceptors (Lipinski definition) is 4. The number of ether oxygens (including phenoxy) is 1. The summed E-state index contributed by atoms with van der Waals surface area (Å²) >= 11 is 0. The summed E-state index contributed by atoms with van der Waals surface area (Å²) in [7, 11) is 0. The minimum absolute atomic E-state index is 0.00892. The molecular formula is C20H27N3O3. The molecule has 4 rings (SSSR count). The third kappa shape index (κ3) is 3.11. The lowest BCUT2D eigenvalue weighted by atomic mass is 9.77. The van der Waals surface area contributed by atoms with E-state index in [0.29, 0.717) is 24.7 Å². The molecule has 0 aromatic carbocycles. The number of piperidine rings is 1. The highest BCUT2D eigenvalue weighted by Crippen LogP contribution is 2.41. The van der Waals surface area contributed by atoms with Crippen LogP contribution in [0, 0.1) is 12.3 Å². The lowest BCUT2D eigenvalue weighted by molar-refractivity contribution is -0.150. The van der Waals surface area contributed by atoms with Gasteiger partial charge in [-0.1, -0.05) is 0 Å². The molecule has 6 nitrogen and oxygen atoms in total. The maximum atomic E-state index is 13.3. The van der Waals surface area contributed by atoms with E-state index in [4.69, 9.17) is 4.74 Å². The molecule has 1 unspecified atom stereocenters. The lowest BCUT2D eigenvalue weighted by Crippen LogP contribution is -2.55. The van der Waals surface area contributed by atoms with Crippen LogP contribution in [-0.2, 0) is 9.53 Å². The molecule has 4 heterocycles. The maximum absolute atomic E-state index is 13.3. The molecule has 3 aliphatic rings. The molecule has 0 aliphatic carbocycles. The van der Waals surface area contributed by atoms with Gasteiger partial charge in [0, 0.05) is 50.8 Å². The summed E-state index contributed by atoms with van der Waals surface area (Å²) in [6.07, 6.45) is 6.19. The van der Waals surface area contributed by atoms with Crippen LogP contribution in [0.3, 0.4) is 0 Å². The first kappa shape index (κ1) is 17.5. The second-order valence-electron chi connectivity index (χ2n) is 7.89. The van der Waals surface area contributed by atoms with Gasteiger partial charge in [0.15, 0.2) is 0 Å². The Balaban J connectivity index is 1.48. The van der Waals surface area contributed by atoms with Crippen molar-refractivity contribution in [1.29, 1.82) is 0 Å². The van der Waals surface area contributed by atoms with E-state index in [0.717, 1.165) is 57.6 Å². The van der Waals surface area contributed by atoms with Gasteiger partial charge in [0.25, 0.3) is 5.91 Å². The fraction of sp³-hybridized carbons (Fsp3) is 0.650. The number of carbonyl (C=O) groups is 2. The summed E-state index contributed by atoms with van der Waals surface area (Å²) in [4.78, 5) is 34.3. The first-order valence-corrected chi connectivity index (χ1v) is 9.70. The van der Waals surface area contributed by atoms with Crippen LogP contribution in [0.15, 0.2) is 18.3 Å². The highest BCUT2D eigenvalue weighted by molar-refractivity contribution is 5.95. The van der Waals surface area contributed by atoms with Crippen LogP contribution in [0.5, 0.6) is 0 Å². The van der Waals surface area contributed by atoms with Gasteiger partial charge in [-0.25, -0.2) is 0 Å². The van der Waals surface area contributed by atoms with E-state index < -0.39 is 0 Å². The van der Waals surface area contributed by atoms with Crippen molar-refractivity contribution in [2.45, 2.75) is 45.1 Å². The highest BCUT2D eigenvalue weighted by Gasteiger charge is 2.50. The Morgan fingerprint density at radius 1 is 1.23 bits per heavy atom. The molecule has 0 radical (unpaired) electrons. The van der Waals surface area contributed by atoms with Crippen molar-refractivity contribution in [3.8, 4) is 0 Å². The molecule has 1 aromatic heterocycles. The first-order chi connectivity index (χ1) is 12.6. The monoisotopic (exact) mass is 357 g/mol. The molecule has 3 fully saturated rings. The predicted molar refractivity (Wildman–Crippen MR) is 96.7 cm³/mol. The van der Waals surface area contributed by atoms with Crippen LogP contribution >= 0.6 is 0 Å². The van der Waals surface area contributed by atoms with Gasteiger partial charge in [-0.05, 0) is 51.2 Å². The van der Waals surface area contributed by atoms with Crippen molar-refractivity contribution in [1.82, 2.24) is 14.8 Å². The molecule has 1 aromatic rings. The number of carbonyl (C=O) groups excluding carboxylic acids is 2. The van der Waals surface area contributed by atoms with Crippen molar-refractivity contribution in [3.63, 3.8) is 0 Å². The van der Waals surface area contributed by atoms with Crippen LogP contribution in [0.25, 0.3) is 0 Å². The molecule has 1 atom stereocenters. The summed E-state index contributed by atoms with van der Waals surface area (Å²) in [5.74, 6) is 0.248. The topological polar surface area (TPSA) is 62.7 Å². The lowest BCUT2D eigenvalue weighted by Gasteiger charge is -2.44. The minimum atomic E-state index is -0.385. The van der Waals surface area contributed by atoms with Gasteiger partial charge < -0.3 is 14.5 Å². The minimum Gasteiger partial charge on any atom is -0.381 e. The molecule has 26 heavy (non-hydrogen) atoms. The van der Waals surface area contributed by atoms with E-state index in [1.54, 1.807) is 6.20 Å². The average Bonchev–Trinajstić information content (AvgIpc) is 3.10. The number of pyridine rings is 1. The molecule has 140 valence electrons. The fourth-order valence-electron chi connectivity index (χ4n) is 4.65. The summed E-state index contributed by atoms with van der Waals surface area (Å²) in [5.41, 5.74) is 1.12. The van der Waals surface area contributed by atoms with Crippen molar-refractivity contribution >= 4 is 11.8 Å². The Hall–Kier alpha value is -1.95. The Labute approximate surface area is 154 Å². The number of aryl methyl sites for hydroxylation is 1. The zero-order chi connectivity index (χ0) is 18.1. The maximum Gasteiger partial charge on any atom is 0.255 e. The summed E-state index contributed by atoms with van der Waals surface area (Å²) in [6.45, 7) is 5.43. The Kier molecular flexibility index (Phi) is 4.69. The van der Waals surface area contributed by atoms with Gasteiger partial charge in [0.1, 0.15) is 0 Å². The van der Waals surface area contributed by atoms with E-state index in [1.165, 1.54) is 0 Å². The fourth-order valence-corrected chi connectivity index (χ4v) is 4.65. The normalized spacial score (nSPS) is 27.3. The molecule has 0 N–H and O–H groups in total. The third-order valence-electron chi connectivity index (χ3n) is 6.20. The molecule has 3 saturated heterocycles. The van der Waals surface area contributed by atoms with Crippen molar-refractivity contribution in [3.05, 3.63) is 29.6 Å². The largest absolute Gasteiger partial charge is 0.381 e. The zero-order valence-electron chi connectivity index (χ0n) is 15.4. The quantitative estimate of drug-likeness (QED) is 0.812. The van der Waals surface area contributed by atoms with Gasteiger partial charge in [-0.15, -0.1) is 0 Å². The second kappa shape index (κ2) is 6.99. The number of hydrogen-bond donors (Lipinski definition) is 0. The molecule has 2 amide bonds. The smallest absolute Gasteiger partial charge is 0.255 e. The van der Waals surface area contributed by atoms with E-state index in [9.17, 15) is 9.59 Å². The number of amides is 2. The SMILES string of the molecule is Cc1ccc(C(=O)N2CCC3(CCCN(C4CCOCC4)C3=O)C2)cn1. The third-order valence-corrected chi connectivity index (χ3v) is 6.20. The van der Waals surface area contributed by atoms with Gasteiger partial charge in [-0.2, -0.15) is 0 Å². The van der Waals surface area contributed by atoms with Crippen molar-refractivity contribution < 1.29 is 14.3 Å². The van der Waals surface area contributed by atoms with Gasteiger partial charge >= 0.3 is 0 Å². The summed E-state index contributed by atoms with van der Waals surface area (Å²) in [5, 5.41) is 0. The van der Waals surface area contributed by atoms with Crippen LogP contribution in [-0.4, -0.2) is 65.5 Å². The number of nitrogens with zero attached hydrogens (tertiary/aromatic N) is 3. The van der Waals surface area contributed by atoms with E-state index >= 15 is 0 Å². The Morgan fingerprint density at radius 2 is 2.04 bits per heavy atom. The summed E-state index contributed by atoms with van der Waals surface area (Å²) in [6, 6.07) is 3.99. The van der Waals surface area contributed by atoms with Crippen LogP contribution in [0.2, 0.25) is 0 Å². The molecule has 0 bridgehead atoms. The second-order valence-corrected chi connectivity index (χ2v) is 7.89. The highest BCUT2D eigenvalue weighted by atomic mass is 16.5. The Bertz CT molecular complexity index is 684. The standard InChI is InChI=1S/C20H27N3O3/c1-15-3-4-16(13-21-15)18(24)22-10-8-20(14-22)7-2-9-23(19(20)25)17-5-11-26-12-6-17/h3-4,13,17H,2,5-12,14H2,1H3. The molecule has 1 spiro atoms. The van der Waals surface area contributed by atoms with E-state index in [1.807, 2.05) is 24.0 Å². The number of likely N-dealkylation sites (tertiary alicyclic amines) is 2. The average molecular weight is 357 g/mol. The molecule has 0 saturated carbocycles. The number of rotatable bonds is 2. The Morgan fingerprint density at radius 3 is 2.77 bits per heavy atom. The molecule has 3 aliphatic heterocycles. The van der Waals surface area contributed by atoms with Crippen LogP contribution in [0.1, 0.15) is 48.2 Å².